The molecule has 154 valence electrons. The third-order valence-corrected chi connectivity index (χ3v) is 7.43. The molecular weight excluding hydrogens is 438 g/mol. The maximum absolute atomic E-state index is 13.1. The molecule has 5 aromatic carbocycles. The van der Waals surface area contributed by atoms with Crippen LogP contribution >= 0.6 is 16.1 Å². The largest absolute Gasteiger partial charge is 0.598 e. The molecule has 0 aromatic heterocycles. The molecule has 0 bridgehead atoms. The molecule has 0 saturated carbocycles. The molecule has 0 fully saturated rings. The van der Waals surface area contributed by atoms with Gasteiger partial charge in [0.2, 0.25) is 22.1 Å². The van der Waals surface area contributed by atoms with Gasteiger partial charge in [-0.05, 0) is 56.3 Å². The van der Waals surface area contributed by atoms with Crippen molar-refractivity contribution in [2.75, 3.05) is 0 Å². The zero-order valence-electron chi connectivity index (χ0n) is 16.9. The topological polar surface area (TPSA) is 52.6 Å². The summed E-state index contributed by atoms with van der Waals surface area (Å²) < 4.78 is 37.9. The smallest absolute Gasteiger partial charge is 0.246 e. The Bertz CT molecular complexity index is 1360. The second-order valence-electron chi connectivity index (χ2n) is 7.14. The van der Waals surface area contributed by atoms with Gasteiger partial charge in [-0.3, -0.25) is 0 Å². The molecule has 0 heterocycles. The summed E-state index contributed by atoms with van der Waals surface area (Å²) in [7, 11) is -4.40. The molecule has 4 nitrogen and oxygen atoms in total. The van der Waals surface area contributed by atoms with Crippen molar-refractivity contribution in [3.05, 3.63) is 109 Å². The first-order chi connectivity index (χ1) is 15.7. The molecule has 2 unspecified atom stereocenters. The number of rotatable bonds is 6. The van der Waals surface area contributed by atoms with Crippen LogP contribution in [0.4, 0.5) is 0 Å². The van der Waals surface area contributed by atoms with E-state index in [1.807, 2.05) is 72.8 Å². The molecule has 0 amide bonds. The van der Waals surface area contributed by atoms with Crippen LogP contribution in [0.25, 0.3) is 21.5 Å². The highest BCUT2D eigenvalue weighted by atomic mass is 31.1. The summed E-state index contributed by atoms with van der Waals surface area (Å²) in [6, 6.07) is 33.5. The minimum absolute atomic E-state index is 0.283. The van der Waals surface area contributed by atoms with Gasteiger partial charge in [-0.15, -0.1) is 0 Å². The molecule has 0 N–H and O–H groups in total. The van der Waals surface area contributed by atoms with Gasteiger partial charge in [-0.25, -0.2) is 9.05 Å². The van der Waals surface area contributed by atoms with Crippen LogP contribution in [0.15, 0.2) is 109 Å². The van der Waals surface area contributed by atoms with E-state index in [9.17, 15) is 9.13 Å². The van der Waals surface area contributed by atoms with Gasteiger partial charge in [0, 0.05) is 10.8 Å². The number of hydrogen-bond donors (Lipinski definition) is 0. The predicted octanol–water partition coefficient (Wildman–Crippen LogP) is 6.89. The Labute approximate surface area is 187 Å². The first-order valence-corrected chi connectivity index (χ1v) is 12.4. The average molecular weight is 456 g/mol. The molecule has 32 heavy (non-hydrogen) atoms. The summed E-state index contributed by atoms with van der Waals surface area (Å²) >= 11 is 0. The Kier molecular flexibility index (Phi) is 5.64. The lowest BCUT2D eigenvalue weighted by Gasteiger charge is -2.01. The van der Waals surface area contributed by atoms with Gasteiger partial charge in [-0.1, -0.05) is 72.8 Å². The molecule has 5 rings (SSSR count). The van der Waals surface area contributed by atoms with E-state index in [1.54, 1.807) is 36.4 Å². The van der Waals surface area contributed by atoms with Crippen LogP contribution in [0, 0.1) is 0 Å². The van der Waals surface area contributed by atoms with E-state index in [2.05, 4.69) is 0 Å². The standard InChI is InChI=1S/C26H18O4P2/c27-31(25-17-7-11-19-9-1-3-13-21(19)25)29-23-15-5-6-16-24(23)30-32(28)26-18-8-12-20-10-2-4-14-22(20)26/h1-18H/q+2. The van der Waals surface area contributed by atoms with Crippen LogP contribution in [-0.2, 0) is 9.13 Å². The minimum atomic E-state index is -2.20. The van der Waals surface area contributed by atoms with E-state index in [-0.39, 0.29) is 11.5 Å². The first-order valence-electron chi connectivity index (χ1n) is 10.1. The van der Waals surface area contributed by atoms with Crippen LogP contribution in [-0.4, -0.2) is 0 Å². The van der Waals surface area contributed by atoms with Crippen LogP contribution in [0.1, 0.15) is 0 Å². The molecule has 0 aliphatic heterocycles. The van der Waals surface area contributed by atoms with Crippen molar-refractivity contribution in [1.29, 1.82) is 0 Å². The summed E-state index contributed by atoms with van der Waals surface area (Å²) in [6.07, 6.45) is 0. The molecule has 6 heteroatoms. The van der Waals surface area contributed by atoms with Crippen molar-refractivity contribution in [1.82, 2.24) is 0 Å². The van der Waals surface area contributed by atoms with E-state index in [4.69, 9.17) is 9.05 Å². The van der Waals surface area contributed by atoms with E-state index < -0.39 is 16.1 Å². The normalized spacial score (nSPS) is 11.9. The quantitative estimate of drug-likeness (QED) is 0.261. The summed E-state index contributed by atoms with van der Waals surface area (Å²) in [5, 5.41) is 4.92. The molecular formula is C26H18O4P2+2. The lowest BCUT2D eigenvalue weighted by molar-refractivity contribution is 0.478. The third kappa shape index (κ3) is 3.99. The highest BCUT2D eigenvalue weighted by Gasteiger charge is 2.32. The van der Waals surface area contributed by atoms with Crippen molar-refractivity contribution >= 4 is 48.2 Å². The van der Waals surface area contributed by atoms with Crippen molar-refractivity contribution in [3.8, 4) is 11.5 Å². The molecule has 0 aliphatic carbocycles. The monoisotopic (exact) mass is 456 g/mol. The van der Waals surface area contributed by atoms with Crippen molar-refractivity contribution in [2.24, 2.45) is 0 Å². The fourth-order valence-corrected chi connectivity index (χ4v) is 5.68. The fourth-order valence-electron chi connectivity index (χ4n) is 3.61. The molecule has 2 atom stereocenters. The van der Waals surface area contributed by atoms with E-state index in [1.165, 1.54) is 0 Å². The highest BCUT2D eigenvalue weighted by Crippen LogP contribution is 2.40. The van der Waals surface area contributed by atoms with Crippen LogP contribution in [0.3, 0.4) is 0 Å². The van der Waals surface area contributed by atoms with Crippen LogP contribution < -0.4 is 19.7 Å². The Morgan fingerprint density at radius 1 is 0.438 bits per heavy atom. The minimum Gasteiger partial charge on any atom is -0.246 e. The zero-order chi connectivity index (χ0) is 21.9. The van der Waals surface area contributed by atoms with E-state index in [0.29, 0.717) is 10.6 Å². The third-order valence-electron chi connectivity index (χ3n) is 5.14. The van der Waals surface area contributed by atoms with Crippen molar-refractivity contribution in [2.45, 2.75) is 0 Å². The molecule has 0 spiro atoms. The number of benzene rings is 5. The summed E-state index contributed by atoms with van der Waals surface area (Å²) in [5.41, 5.74) is 0. The van der Waals surface area contributed by atoms with E-state index >= 15 is 0 Å². The van der Waals surface area contributed by atoms with Gasteiger partial charge in [0.25, 0.3) is 0 Å². The highest BCUT2D eigenvalue weighted by molar-refractivity contribution is 7.50. The van der Waals surface area contributed by atoms with Crippen LogP contribution in [0.2, 0.25) is 0 Å². The lowest BCUT2D eigenvalue weighted by Crippen LogP contribution is -2.04. The fraction of sp³-hybridized carbons (Fsp3) is 0. The predicted molar refractivity (Wildman–Crippen MR) is 130 cm³/mol. The van der Waals surface area contributed by atoms with Crippen molar-refractivity contribution < 1.29 is 18.2 Å². The SMILES string of the molecule is O=[P+](Oc1ccccc1O[P+](=O)c1cccc2ccccc12)c1cccc2ccccc12. The zero-order valence-corrected chi connectivity index (χ0v) is 18.7. The van der Waals surface area contributed by atoms with Crippen molar-refractivity contribution in [3.63, 3.8) is 0 Å². The molecule has 0 saturated heterocycles. The van der Waals surface area contributed by atoms with Crippen LogP contribution in [0.5, 0.6) is 11.5 Å². The van der Waals surface area contributed by atoms with Gasteiger partial charge in [-0.2, -0.15) is 0 Å². The lowest BCUT2D eigenvalue weighted by atomic mass is 10.1. The molecule has 0 aliphatic rings. The average Bonchev–Trinajstić information content (AvgIpc) is 2.84. The Morgan fingerprint density at radius 3 is 1.28 bits per heavy atom. The number of hydrogen-bond acceptors (Lipinski definition) is 4. The van der Waals surface area contributed by atoms with E-state index in [0.717, 1.165) is 21.5 Å². The van der Waals surface area contributed by atoms with Gasteiger partial charge >= 0.3 is 16.1 Å². The van der Waals surface area contributed by atoms with Gasteiger partial charge < -0.3 is 0 Å². The van der Waals surface area contributed by atoms with Gasteiger partial charge in [0.1, 0.15) is 0 Å². The second kappa shape index (κ2) is 8.88. The van der Waals surface area contributed by atoms with Gasteiger partial charge in [0.15, 0.2) is 0 Å². The maximum Gasteiger partial charge on any atom is 0.598 e. The molecule has 0 radical (unpaired) electrons. The number of fused-ring (bicyclic) bond motifs is 2. The summed E-state index contributed by atoms with van der Waals surface area (Å²) in [4.78, 5) is 0. The first kappa shape index (κ1) is 20.3. The second-order valence-corrected chi connectivity index (χ2v) is 9.50. The maximum atomic E-state index is 13.1. The Balaban J connectivity index is 1.44. The Morgan fingerprint density at radius 2 is 0.812 bits per heavy atom. The molecule has 5 aromatic rings. The number of para-hydroxylation sites is 2. The Hall–Kier alpha value is -3.58. The summed E-state index contributed by atoms with van der Waals surface area (Å²) in [6.45, 7) is 0. The van der Waals surface area contributed by atoms with Gasteiger partial charge in [0.05, 0.1) is 0 Å². The summed E-state index contributed by atoms with van der Waals surface area (Å²) in [5.74, 6) is 0.565.